The quantitative estimate of drug-likeness (QED) is 0.358. The summed E-state index contributed by atoms with van der Waals surface area (Å²) < 4.78 is 5.56. The molecule has 196 valence electrons. The molecule has 1 aliphatic rings. The maximum atomic E-state index is 13.4. The molecule has 0 aliphatic carbocycles. The van der Waals surface area contributed by atoms with Crippen LogP contribution in [0.1, 0.15) is 49.2 Å². The molecule has 7 heteroatoms. The number of anilines is 2. The Balaban J connectivity index is 1.53. The molecule has 1 heterocycles. The standard InChI is InChI=1S/C31H32N2O4S/c1-20-10-6-7-11-24(20)29(35)32-23-16-14-22(15-17-23)19-33-25-12-8-9-13-26(25)38-27(18-28(33)34)21(2)30(36)37-31(3,4)5/h6-18,21H,19H2,1-5H3,(H,32,35). The first-order valence-electron chi connectivity index (χ1n) is 12.5. The van der Waals surface area contributed by atoms with E-state index < -0.39 is 11.5 Å². The fourth-order valence-electron chi connectivity index (χ4n) is 4.03. The Hall–Kier alpha value is -3.84. The Morgan fingerprint density at radius 3 is 2.32 bits per heavy atom. The van der Waals surface area contributed by atoms with Gasteiger partial charge in [-0.25, -0.2) is 0 Å². The van der Waals surface area contributed by atoms with Crippen molar-refractivity contribution in [1.29, 1.82) is 0 Å². The number of amides is 2. The summed E-state index contributed by atoms with van der Waals surface area (Å²) in [4.78, 5) is 42.1. The molecule has 4 rings (SSSR count). The van der Waals surface area contributed by atoms with Crippen molar-refractivity contribution in [2.24, 2.45) is 5.92 Å². The lowest BCUT2D eigenvalue weighted by molar-refractivity contribution is -0.157. The van der Waals surface area contributed by atoms with E-state index in [-0.39, 0.29) is 17.8 Å². The van der Waals surface area contributed by atoms with E-state index in [0.717, 1.165) is 21.7 Å². The highest BCUT2D eigenvalue weighted by molar-refractivity contribution is 8.03. The molecule has 6 nitrogen and oxygen atoms in total. The molecule has 0 radical (unpaired) electrons. The highest BCUT2D eigenvalue weighted by Crippen LogP contribution is 2.41. The molecule has 3 aromatic carbocycles. The Morgan fingerprint density at radius 1 is 0.974 bits per heavy atom. The molecule has 3 aromatic rings. The molecule has 0 fully saturated rings. The van der Waals surface area contributed by atoms with Crippen LogP contribution in [-0.2, 0) is 20.9 Å². The Kier molecular flexibility index (Phi) is 8.07. The molecule has 0 aromatic heterocycles. The number of fused-ring (bicyclic) bond motifs is 1. The van der Waals surface area contributed by atoms with Gasteiger partial charge in [0.2, 0.25) is 0 Å². The van der Waals surface area contributed by atoms with Crippen LogP contribution in [0.5, 0.6) is 0 Å². The number of ether oxygens (including phenoxy) is 1. The van der Waals surface area contributed by atoms with Crippen molar-refractivity contribution in [3.05, 3.63) is 100 Å². The number of hydrogen-bond acceptors (Lipinski definition) is 5. The smallest absolute Gasteiger partial charge is 0.314 e. The summed E-state index contributed by atoms with van der Waals surface area (Å²) in [6.07, 6.45) is 1.54. The van der Waals surface area contributed by atoms with Crippen LogP contribution in [0.15, 0.2) is 88.7 Å². The summed E-state index contributed by atoms with van der Waals surface area (Å²) in [5.74, 6) is -1.31. The van der Waals surface area contributed by atoms with E-state index in [0.29, 0.717) is 22.7 Å². The summed E-state index contributed by atoms with van der Waals surface area (Å²) in [5, 5.41) is 2.93. The number of nitrogens with zero attached hydrogens (tertiary/aromatic N) is 1. The van der Waals surface area contributed by atoms with Gasteiger partial charge in [-0.1, -0.05) is 54.2 Å². The van der Waals surface area contributed by atoms with Gasteiger partial charge in [-0.05, 0) is 76.1 Å². The second-order valence-corrected chi connectivity index (χ2v) is 11.4. The van der Waals surface area contributed by atoms with Crippen LogP contribution in [0.3, 0.4) is 0 Å². The first kappa shape index (κ1) is 27.2. The summed E-state index contributed by atoms with van der Waals surface area (Å²) >= 11 is 1.42. The summed E-state index contributed by atoms with van der Waals surface area (Å²) in [6.45, 7) is 9.49. The van der Waals surface area contributed by atoms with Crippen molar-refractivity contribution in [2.45, 2.75) is 51.7 Å². The Morgan fingerprint density at radius 2 is 1.63 bits per heavy atom. The van der Waals surface area contributed by atoms with Crippen LogP contribution in [-0.4, -0.2) is 23.4 Å². The number of para-hydroxylation sites is 1. The predicted molar refractivity (Wildman–Crippen MR) is 152 cm³/mol. The van der Waals surface area contributed by atoms with E-state index in [4.69, 9.17) is 4.74 Å². The first-order valence-corrected chi connectivity index (χ1v) is 13.3. The number of benzene rings is 3. The minimum Gasteiger partial charge on any atom is -0.459 e. The van der Waals surface area contributed by atoms with E-state index in [9.17, 15) is 14.4 Å². The molecule has 1 unspecified atom stereocenters. The molecule has 0 spiro atoms. The normalized spacial score (nSPS) is 14.2. The highest BCUT2D eigenvalue weighted by Gasteiger charge is 2.30. The average molecular weight is 529 g/mol. The SMILES string of the molecule is Cc1ccccc1C(=O)Nc1ccc(CN2C(=O)C=C(C(C)C(=O)OC(C)(C)C)Sc3ccccc32)cc1. The van der Waals surface area contributed by atoms with Crippen molar-refractivity contribution >= 4 is 40.9 Å². The van der Waals surface area contributed by atoms with Crippen molar-refractivity contribution in [3.63, 3.8) is 0 Å². The fraction of sp³-hybridized carbons (Fsp3) is 0.258. The largest absolute Gasteiger partial charge is 0.459 e. The number of nitrogens with one attached hydrogen (secondary N) is 1. The molecule has 0 bridgehead atoms. The van der Waals surface area contributed by atoms with Gasteiger partial charge in [0.15, 0.2) is 0 Å². The highest BCUT2D eigenvalue weighted by atomic mass is 32.2. The van der Waals surface area contributed by atoms with Gasteiger partial charge in [-0.2, -0.15) is 0 Å². The van der Waals surface area contributed by atoms with Crippen LogP contribution < -0.4 is 10.2 Å². The van der Waals surface area contributed by atoms with E-state index in [1.54, 1.807) is 17.9 Å². The third kappa shape index (κ3) is 6.53. The zero-order valence-electron chi connectivity index (χ0n) is 22.3. The molecular weight excluding hydrogens is 496 g/mol. The van der Waals surface area contributed by atoms with Crippen LogP contribution in [0, 0.1) is 12.8 Å². The molecule has 1 N–H and O–H groups in total. The lowest BCUT2D eigenvalue weighted by atomic mass is 10.1. The average Bonchev–Trinajstić information content (AvgIpc) is 3.00. The summed E-state index contributed by atoms with van der Waals surface area (Å²) in [5.41, 5.74) is 3.29. The predicted octanol–water partition coefficient (Wildman–Crippen LogP) is 6.75. The minimum atomic E-state index is -0.610. The molecule has 0 saturated carbocycles. The number of carbonyl (C=O) groups is 3. The Bertz CT molecular complexity index is 1390. The molecule has 1 atom stereocenters. The van der Waals surface area contributed by atoms with Crippen molar-refractivity contribution in [3.8, 4) is 0 Å². The van der Waals surface area contributed by atoms with Crippen LogP contribution in [0.2, 0.25) is 0 Å². The van der Waals surface area contributed by atoms with E-state index >= 15 is 0 Å². The number of aryl methyl sites for hydroxylation is 1. The second-order valence-electron chi connectivity index (χ2n) is 10.3. The summed E-state index contributed by atoms with van der Waals surface area (Å²) in [7, 11) is 0. The van der Waals surface area contributed by atoms with Crippen molar-refractivity contribution in [2.75, 3.05) is 10.2 Å². The molecule has 2 amide bonds. The zero-order valence-corrected chi connectivity index (χ0v) is 23.1. The molecular formula is C31H32N2O4S. The first-order chi connectivity index (χ1) is 18.0. The number of carbonyl (C=O) groups excluding carboxylic acids is 3. The second kappa shape index (κ2) is 11.3. The fourth-order valence-corrected chi connectivity index (χ4v) is 5.14. The van der Waals surface area contributed by atoms with Gasteiger partial charge in [0.25, 0.3) is 11.8 Å². The monoisotopic (exact) mass is 528 g/mol. The maximum absolute atomic E-state index is 13.4. The number of thioether (sulfide) groups is 1. The van der Waals surface area contributed by atoms with Crippen LogP contribution >= 0.6 is 11.8 Å². The third-order valence-electron chi connectivity index (χ3n) is 6.04. The number of hydrogen-bond donors (Lipinski definition) is 1. The van der Waals surface area contributed by atoms with Crippen LogP contribution in [0.25, 0.3) is 0 Å². The zero-order chi connectivity index (χ0) is 27.4. The molecule has 0 saturated heterocycles. The van der Waals surface area contributed by atoms with Gasteiger partial charge < -0.3 is 15.0 Å². The minimum absolute atomic E-state index is 0.165. The van der Waals surface area contributed by atoms with Crippen molar-refractivity contribution < 1.29 is 19.1 Å². The number of rotatable bonds is 6. The van der Waals surface area contributed by atoms with Gasteiger partial charge in [-0.3, -0.25) is 14.4 Å². The lowest BCUT2D eigenvalue weighted by Gasteiger charge is -2.23. The summed E-state index contributed by atoms with van der Waals surface area (Å²) in [6, 6.07) is 22.6. The van der Waals surface area contributed by atoms with Gasteiger partial charge >= 0.3 is 5.97 Å². The van der Waals surface area contributed by atoms with Crippen LogP contribution in [0.4, 0.5) is 11.4 Å². The Labute approximate surface area is 228 Å². The van der Waals surface area contributed by atoms with Gasteiger partial charge in [0.05, 0.1) is 18.2 Å². The van der Waals surface area contributed by atoms with Crippen molar-refractivity contribution in [1.82, 2.24) is 0 Å². The topological polar surface area (TPSA) is 75.7 Å². The molecule has 38 heavy (non-hydrogen) atoms. The molecule has 1 aliphatic heterocycles. The van der Waals surface area contributed by atoms with E-state index in [2.05, 4.69) is 5.32 Å². The lowest BCUT2D eigenvalue weighted by Crippen LogP contribution is -2.30. The van der Waals surface area contributed by atoms with Gasteiger partial charge in [-0.15, -0.1) is 0 Å². The van der Waals surface area contributed by atoms with E-state index in [1.165, 1.54) is 17.8 Å². The maximum Gasteiger partial charge on any atom is 0.314 e. The number of esters is 1. The van der Waals surface area contributed by atoms with Gasteiger partial charge in [0, 0.05) is 27.1 Å². The van der Waals surface area contributed by atoms with E-state index in [1.807, 2.05) is 94.4 Å². The third-order valence-corrected chi connectivity index (χ3v) is 7.32. The van der Waals surface area contributed by atoms with Gasteiger partial charge in [0.1, 0.15) is 5.60 Å².